The fourth-order valence-corrected chi connectivity index (χ4v) is 3.28. The standard InChI is InChI=1S/C14H23FN2O2S/c1-11(2)6-3-4-9-17-20(18,19)14-8-5-7-13(15)12(14)10-16/h5,7-8,11,17H,3-4,6,9-10,16H2,1-2H3. The molecule has 114 valence electrons. The van der Waals surface area contributed by atoms with E-state index in [2.05, 4.69) is 18.6 Å². The van der Waals surface area contributed by atoms with Gasteiger partial charge in [-0.2, -0.15) is 0 Å². The van der Waals surface area contributed by atoms with E-state index in [0.717, 1.165) is 19.3 Å². The zero-order valence-corrected chi connectivity index (χ0v) is 12.8. The second kappa shape index (κ2) is 7.71. The Hall–Kier alpha value is -0.980. The summed E-state index contributed by atoms with van der Waals surface area (Å²) in [7, 11) is -3.70. The van der Waals surface area contributed by atoms with Crippen LogP contribution in [-0.2, 0) is 16.6 Å². The van der Waals surface area contributed by atoms with Crippen LogP contribution >= 0.6 is 0 Å². The molecule has 0 heterocycles. The minimum Gasteiger partial charge on any atom is -0.326 e. The third-order valence-electron chi connectivity index (χ3n) is 3.07. The van der Waals surface area contributed by atoms with Gasteiger partial charge in [0.2, 0.25) is 10.0 Å². The van der Waals surface area contributed by atoms with Crippen LogP contribution in [0.15, 0.2) is 23.1 Å². The minimum atomic E-state index is -3.70. The highest BCUT2D eigenvalue weighted by Gasteiger charge is 2.19. The van der Waals surface area contributed by atoms with E-state index in [1.807, 2.05) is 0 Å². The van der Waals surface area contributed by atoms with Crippen molar-refractivity contribution >= 4 is 10.0 Å². The second-order valence-corrected chi connectivity index (χ2v) is 6.94. The summed E-state index contributed by atoms with van der Waals surface area (Å²) in [5.74, 6) is 0.0221. The lowest BCUT2D eigenvalue weighted by Crippen LogP contribution is -2.26. The van der Waals surface area contributed by atoms with Crippen molar-refractivity contribution in [3.8, 4) is 0 Å². The third kappa shape index (κ3) is 4.85. The first-order valence-electron chi connectivity index (χ1n) is 6.85. The largest absolute Gasteiger partial charge is 0.326 e. The summed E-state index contributed by atoms with van der Waals surface area (Å²) < 4.78 is 40.3. The monoisotopic (exact) mass is 302 g/mol. The van der Waals surface area contributed by atoms with Gasteiger partial charge in [0.15, 0.2) is 0 Å². The van der Waals surface area contributed by atoms with Crippen molar-refractivity contribution in [3.63, 3.8) is 0 Å². The van der Waals surface area contributed by atoms with Gasteiger partial charge in [0.05, 0.1) is 4.90 Å². The van der Waals surface area contributed by atoms with Crippen LogP contribution in [0.2, 0.25) is 0 Å². The zero-order valence-electron chi connectivity index (χ0n) is 12.0. The highest BCUT2D eigenvalue weighted by Crippen LogP contribution is 2.18. The maximum Gasteiger partial charge on any atom is 0.240 e. The Balaban J connectivity index is 2.68. The molecule has 0 amide bonds. The lowest BCUT2D eigenvalue weighted by Gasteiger charge is -2.11. The van der Waals surface area contributed by atoms with Crippen molar-refractivity contribution in [2.45, 2.75) is 44.6 Å². The molecule has 0 aliphatic carbocycles. The first kappa shape index (κ1) is 17.1. The third-order valence-corrected chi connectivity index (χ3v) is 4.62. The molecule has 0 aromatic heterocycles. The van der Waals surface area contributed by atoms with Gasteiger partial charge < -0.3 is 5.73 Å². The van der Waals surface area contributed by atoms with Gasteiger partial charge in [-0.1, -0.05) is 32.8 Å². The van der Waals surface area contributed by atoms with Gasteiger partial charge in [-0.05, 0) is 24.5 Å². The first-order chi connectivity index (χ1) is 9.38. The van der Waals surface area contributed by atoms with Crippen LogP contribution in [0.1, 0.15) is 38.7 Å². The Morgan fingerprint density at radius 2 is 2.00 bits per heavy atom. The molecule has 0 saturated heterocycles. The lowest BCUT2D eigenvalue weighted by molar-refractivity contribution is 0.529. The van der Waals surface area contributed by atoms with E-state index < -0.39 is 15.8 Å². The van der Waals surface area contributed by atoms with Crippen LogP contribution in [0.25, 0.3) is 0 Å². The van der Waals surface area contributed by atoms with Gasteiger partial charge in [-0.15, -0.1) is 0 Å². The molecule has 0 spiro atoms. The van der Waals surface area contributed by atoms with Crippen LogP contribution in [0, 0.1) is 11.7 Å². The van der Waals surface area contributed by atoms with Crippen molar-refractivity contribution in [1.29, 1.82) is 0 Å². The number of benzene rings is 1. The molecule has 1 aromatic rings. The van der Waals surface area contributed by atoms with Crippen molar-refractivity contribution < 1.29 is 12.8 Å². The number of unbranched alkanes of at least 4 members (excludes halogenated alkanes) is 1. The molecule has 0 atom stereocenters. The summed E-state index contributed by atoms with van der Waals surface area (Å²) in [4.78, 5) is -0.0659. The maximum absolute atomic E-state index is 13.5. The Bertz CT molecular complexity index is 530. The van der Waals surface area contributed by atoms with Gasteiger partial charge >= 0.3 is 0 Å². The van der Waals surface area contributed by atoms with E-state index >= 15 is 0 Å². The van der Waals surface area contributed by atoms with Crippen LogP contribution in [0.5, 0.6) is 0 Å². The quantitative estimate of drug-likeness (QED) is 0.724. The van der Waals surface area contributed by atoms with Crippen LogP contribution < -0.4 is 10.5 Å². The highest BCUT2D eigenvalue weighted by molar-refractivity contribution is 7.89. The van der Waals surface area contributed by atoms with E-state index in [-0.39, 0.29) is 17.0 Å². The smallest absolute Gasteiger partial charge is 0.240 e. The van der Waals surface area contributed by atoms with Crippen molar-refractivity contribution in [1.82, 2.24) is 4.72 Å². The topological polar surface area (TPSA) is 72.2 Å². The fourth-order valence-electron chi connectivity index (χ4n) is 1.95. The normalized spacial score (nSPS) is 12.1. The van der Waals surface area contributed by atoms with Crippen LogP contribution in [0.3, 0.4) is 0 Å². The molecule has 0 aliphatic rings. The highest BCUT2D eigenvalue weighted by atomic mass is 32.2. The molecule has 1 aromatic carbocycles. The molecular formula is C14H23FN2O2S. The average molecular weight is 302 g/mol. The minimum absolute atomic E-state index is 0.0298. The van der Waals surface area contributed by atoms with Gasteiger partial charge in [0.1, 0.15) is 5.82 Å². The number of sulfonamides is 1. The molecule has 6 heteroatoms. The van der Waals surface area contributed by atoms with Gasteiger partial charge in [0.25, 0.3) is 0 Å². The molecule has 4 nitrogen and oxygen atoms in total. The van der Waals surface area contributed by atoms with Crippen LogP contribution in [0.4, 0.5) is 4.39 Å². The average Bonchev–Trinajstić information content (AvgIpc) is 2.37. The predicted octanol–water partition coefficient (Wildman–Crippen LogP) is 2.39. The van der Waals surface area contributed by atoms with Crippen molar-refractivity contribution in [2.75, 3.05) is 6.54 Å². The molecule has 0 bridgehead atoms. The van der Waals surface area contributed by atoms with Gasteiger partial charge in [-0.3, -0.25) is 0 Å². The Labute approximate surface area is 120 Å². The lowest BCUT2D eigenvalue weighted by atomic mass is 10.1. The fraction of sp³-hybridized carbons (Fsp3) is 0.571. The van der Waals surface area contributed by atoms with Gasteiger partial charge in [0, 0.05) is 18.7 Å². The summed E-state index contributed by atoms with van der Waals surface area (Å²) in [6.07, 6.45) is 2.80. The molecule has 1 rings (SSSR count). The molecule has 0 radical (unpaired) electrons. The zero-order chi connectivity index (χ0) is 15.2. The molecule has 3 N–H and O–H groups in total. The number of halogens is 1. The molecule has 0 fully saturated rings. The summed E-state index contributed by atoms with van der Waals surface area (Å²) >= 11 is 0. The van der Waals surface area contributed by atoms with E-state index in [4.69, 9.17) is 5.73 Å². The van der Waals surface area contributed by atoms with Crippen molar-refractivity contribution in [3.05, 3.63) is 29.6 Å². The molecule has 0 aliphatic heterocycles. The summed E-state index contributed by atoms with van der Waals surface area (Å²) in [6, 6.07) is 3.97. The number of rotatable bonds is 8. The Morgan fingerprint density at radius 3 is 2.60 bits per heavy atom. The van der Waals surface area contributed by atoms with Gasteiger partial charge in [-0.25, -0.2) is 17.5 Å². The molecule has 0 saturated carbocycles. The summed E-state index contributed by atoms with van der Waals surface area (Å²) in [5, 5.41) is 0. The molecule has 0 unspecified atom stereocenters. The predicted molar refractivity (Wildman–Crippen MR) is 78.2 cm³/mol. The Kier molecular flexibility index (Phi) is 6.58. The SMILES string of the molecule is CC(C)CCCCNS(=O)(=O)c1cccc(F)c1CN. The second-order valence-electron chi connectivity index (χ2n) is 5.21. The summed E-state index contributed by atoms with van der Waals surface area (Å²) in [5.41, 5.74) is 5.46. The maximum atomic E-state index is 13.5. The van der Waals surface area contributed by atoms with E-state index in [9.17, 15) is 12.8 Å². The van der Waals surface area contributed by atoms with E-state index in [1.165, 1.54) is 18.2 Å². The number of hydrogen-bond acceptors (Lipinski definition) is 3. The summed E-state index contributed by atoms with van der Waals surface area (Å²) in [6.45, 7) is 4.47. The molecule has 20 heavy (non-hydrogen) atoms. The Morgan fingerprint density at radius 1 is 1.30 bits per heavy atom. The number of nitrogens with one attached hydrogen (secondary N) is 1. The van der Waals surface area contributed by atoms with Crippen LogP contribution in [-0.4, -0.2) is 15.0 Å². The van der Waals surface area contributed by atoms with E-state index in [0.29, 0.717) is 12.5 Å². The van der Waals surface area contributed by atoms with E-state index in [1.54, 1.807) is 0 Å². The van der Waals surface area contributed by atoms with Crippen molar-refractivity contribution in [2.24, 2.45) is 11.7 Å². The number of nitrogens with two attached hydrogens (primary N) is 1. The first-order valence-corrected chi connectivity index (χ1v) is 8.34. The molecular weight excluding hydrogens is 279 g/mol. The number of hydrogen-bond donors (Lipinski definition) is 2.